The lowest BCUT2D eigenvalue weighted by Crippen LogP contribution is -2.41. The molecule has 0 saturated carbocycles. The second kappa shape index (κ2) is 9.24. The van der Waals surface area contributed by atoms with E-state index in [4.69, 9.17) is 13.9 Å². The number of benzene rings is 1. The predicted molar refractivity (Wildman–Crippen MR) is 123 cm³/mol. The Hall–Kier alpha value is -1.63. The minimum atomic E-state index is -1.83. The molecule has 0 amide bonds. The van der Waals surface area contributed by atoms with Gasteiger partial charge in [0.25, 0.3) is 0 Å². The molecule has 0 spiro atoms. The smallest absolute Gasteiger partial charge is 0.192 e. The number of rotatable bonds is 7. The molecular weight excluding hydrogens is 434 g/mol. The molecule has 0 radical (unpaired) electrons. The van der Waals surface area contributed by atoms with Crippen molar-refractivity contribution in [2.45, 2.75) is 38.9 Å². The number of methoxy groups -OCH3 is 2. The summed E-state index contributed by atoms with van der Waals surface area (Å²) in [6.45, 7) is 11.8. The maximum absolute atomic E-state index is 6.39. The Bertz CT molecular complexity index is 844. The van der Waals surface area contributed by atoms with Crippen molar-refractivity contribution >= 4 is 29.8 Å². The molecule has 0 N–H and O–H groups in total. The predicted octanol–water partition coefficient (Wildman–Crippen LogP) is 6.52. The van der Waals surface area contributed by atoms with Crippen molar-refractivity contribution in [2.75, 3.05) is 20.8 Å². The van der Waals surface area contributed by atoms with Crippen LogP contribution in [-0.4, -0.2) is 34.1 Å². The molecule has 6 heteroatoms. The molecule has 152 valence electrons. The molecule has 1 aromatic heterocycles. The van der Waals surface area contributed by atoms with Gasteiger partial charge in [0.15, 0.2) is 19.8 Å². The molecule has 0 fully saturated rings. The maximum Gasteiger partial charge on any atom is 0.192 e. The summed E-state index contributed by atoms with van der Waals surface area (Å²) in [5.41, 5.74) is 4.13. The van der Waals surface area contributed by atoms with Crippen LogP contribution in [0, 0.1) is 0 Å². The van der Waals surface area contributed by atoms with E-state index in [1.165, 1.54) is 0 Å². The molecule has 0 saturated heterocycles. The summed E-state index contributed by atoms with van der Waals surface area (Å²) in [5, 5.41) is 0.171. The average molecular weight is 464 g/mol. The third kappa shape index (κ3) is 5.24. The van der Waals surface area contributed by atoms with Crippen LogP contribution in [0.2, 0.25) is 18.1 Å². The minimum absolute atomic E-state index is 0.171. The van der Waals surface area contributed by atoms with Crippen LogP contribution in [0.4, 0.5) is 0 Å². The molecule has 0 atom stereocenters. The highest BCUT2D eigenvalue weighted by Gasteiger charge is 2.37. The van der Waals surface area contributed by atoms with Crippen molar-refractivity contribution in [3.05, 3.63) is 47.2 Å². The van der Waals surface area contributed by atoms with Crippen molar-refractivity contribution in [1.82, 2.24) is 4.98 Å². The average Bonchev–Trinajstić information content (AvgIpc) is 2.67. The summed E-state index contributed by atoms with van der Waals surface area (Å²) in [6, 6.07) is 7.99. The van der Waals surface area contributed by atoms with Gasteiger partial charge in [-0.2, -0.15) is 0 Å². The lowest BCUT2D eigenvalue weighted by Gasteiger charge is -2.36. The molecule has 0 unspecified atom stereocenters. The van der Waals surface area contributed by atoms with Crippen LogP contribution in [0.3, 0.4) is 0 Å². The third-order valence-electron chi connectivity index (χ3n) is 5.35. The molecule has 28 heavy (non-hydrogen) atoms. The van der Waals surface area contributed by atoms with Crippen molar-refractivity contribution < 1.29 is 13.9 Å². The first-order valence-corrected chi connectivity index (χ1v) is 13.1. The Balaban J connectivity index is 2.29. The van der Waals surface area contributed by atoms with Crippen LogP contribution >= 0.6 is 15.9 Å². The monoisotopic (exact) mass is 463 g/mol. The zero-order chi connectivity index (χ0) is 20.9. The Morgan fingerprint density at radius 1 is 1.04 bits per heavy atom. The SMILES string of the molecule is COc1ccc(-c2cncc(C(=CBr)CO[Si](C)(C)C(C)(C)C)c2)cc1OC. The molecule has 0 aliphatic carbocycles. The van der Waals surface area contributed by atoms with E-state index in [0.29, 0.717) is 18.1 Å². The van der Waals surface area contributed by atoms with Gasteiger partial charge in [0.2, 0.25) is 0 Å². The largest absolute Gasteiger partial charge is 0.493 e. The molecule has 4 nitrogen and oxygen atoms in total. The fraction of sp³-hybridized carbons (Fsp3) is 0.409. The van der Waals surface area contributed by atoms with E-state index in [1.807, 2.05) is 35.6 Å². The first kappa shape index (κ1) is 22.7. The number of aromatic nitrogens is 1. The highest BCUT2D eigenvalue weighted by Crippen LogP contribution is 2.37. The highest BCUT2D eigenvalue weighted by atomic mass is 79.9. The summed E-state index contributed by atoms with van der Waals surface area (Å²) in [4.78, 5) is 6.37. The standard InChI is InChI=1S/C22H30BrNO3Si/c1-22(2,3)28(6,7)27-15-19(12-23)18-10-17(13-24-14-18)16-8-9-20(25-4)21(11-16)26-5/h8-14H,15H2,1-7H3. The molecule has 1 aromatic carbocycles. The van der Waals surface area contributed by atoms with Gasteiger partial charge < -0.3 is 13.9 Å². The maximum atomic E-state index is 6.39. The number of halogens is 1. The van der Waals surface area contributed by atoms with E-state index >= 15 is 0 Å². The van der Waals surface area contributed by atoms with Crippen molar-refractivity contribution in [1.29, 1.82) is 0 Å². The second-order valence-corrected chi connectivity index (χ2v) is 13.5. The van der Waals surface area contributed by atoms with Crippen molar-refractivity contribution in [2.24, 2.45) is 0 Å². The number of hydrogen-bond acceptors (Lipinski definition) is 4. The summed E-state index contributed by atoms with van der Waals surface area (Å²) >= 11 is 3.50. The third-order valence-corrected chi connectivity index (χ3v) is 10.4. The van der Waals surface area contributed by atoms with Gasteiger partial charge in [-0.3, -0.25) is 4.98 Å². The highest BCUT2D eigenvalue weighted by molar-refractivity contribution is 9.11. The van der Waals surface area contributed by atoms with E-state index in [9.17, 15) is 0 Å². The van der Waals surface area contributed by atoms with Gasteiger partial charge in [-0.05, 0) is 58.0 Å². The van der Waals surface area contributed by atoms with E-state index in [0.717, 1.165) is 22.3 Å². The van der Waals surface area contributed by atoms with Gasteiger partial charge in [0.1, 0.15) is 0 Å². The first-order valence-electron chi connectivity index (χ1n) is 9.24. The first-order chi connectivity index (χ1) is 13.1. The summed E-state index contributed by atoms with van der Waals surface area (Å²) in [6.07, 6.45) is 3.72. The quantitative estimate of drug-likeness (QED) is 0.437. The van der Waals surface area contributed by atoms with Crippen LogP contribution in [0.25, 0.3) is 16.7 Å². The van der Waals surface area contributed by atoms with E-state index in [-0.39, 0.29) is 5.04 Å². The molecule has 2 aromatic rings. The Labute approximate surface area is 178 Å². The molecule has 0 aliphatic rings. The normalized spacial score (nSPS) is 12.8. The number of nitrogens with zero attached hydrogens (tertiary/aromatic N) is 1. The summed E-state index contributed by atoms with van der Waals surface area (Å²) < 4.78 is 17.1. The lowest BCUT2D eigenvalue weighted by molar-refractivity contribution is 0.334. The van der Waals surface area contributed by atoms with Gasteiger partial charge in [0, 0.05) is 18.0 Å². The van der Waals surface area contributed by atoms with E-state index in [2.05, 4.69) is 60.8 Å². The van der Waals surface area contributed by atoms with Crippen LogP contribution in [0.5, 0.6) is 11.5 Å². The molecule has 2 rings (SSSR count). The van der Waals surface area contributed by atoms with Gasteiger partial charge in [-0.15, -0.1) is 0 Å². The zero-order valence-corrected chi connectivity index (χ0v) is 20.4. The Morgan fingerprint density at radius 3 is 2.29 bits per heavy atom. The number of ether oxygens (including phenoxy) is 2. The fourth-order valence-electron chi connectivity index (χ4n) is 2.44. The Kier molecular flexibility index (Phi) is 7.48. The van der Waals surface area contributed by atoms with Crippen molar-refractivity contribution in [3.63, 3.8) is 0 Å². The van der Waals surface area contributed by atoms with Crippen molar-refractivity contribution in [3.8, 4) is 22.6 Å². The zero-order valence-electron chi connectivity index (χ0n) is 17.8. The molecule has 0 bridgehead atoms. The second-order valence-electron chi connectivity index (χ2n) is 8.22. The Morgan fingerprint density at radius 2 is 1.71 bits per heavy atom. The molecule has 1 heterocycles. The van der Waals surface area contributed by atoms with E-state index < -0.39 is 8.32 Å². The number of pyridine rings is 1. The van der Waals surface area contributed by atoms with E-state index in [1.54, 1.807) is 14.2 Å². The minimum Gasteiger partial charge on any atom is -0.493 e. The van der Waals surface area contributed by atoms with Gasteiger partial charge in [0.05, 0.1) is 20.8 Å². The van der Waals surface area contributed by atoms with Gasteiger partial charge in [-0.25, -0.2) is 0 Å². The molecule has 0 aliphatic heterocycles. The summed E-state index contributed by atoms with van der Waals surface area (Å²) in [5.74, 6) is 1.40. The molecular formula is C22H30BrNO3Si. The number of hydrogen-bond donors (Lipinski definition) is 0. The fourth-order valence-corrected chi connectivity index (χ4v) is 3.79. The topological polar surface area (TPSA) is 40.6 Å². The lowest BCUT2D eigenvalue weighted by atomic mass is 10.0. The van der Waals surface area contributed by atoms with Crippen LogP contribution in [0.1, 0.15) is 26.3 Å². The van der Waals surface area contributed by atoms with Crippen LogP contribution in [-0.2, 0) is 4.43 Å². The van der Waals surface area contributed by atoms with Gasteiger partial charge >= 0.3 is 0 Å². The summed E-state index contributed by atoms with van der Waals surface area (Å²) in [7, 11) is 1.44. The van der Waals surface area contributed by atoms with Crippen LogP contribution in [0.15, 0.2) is 41.6 Å². The van der Waals surface area contributed by atoms with Gasteiger partial charge in [-0.1, -0.05) is 42.8 Å². The van der Waals surface area contributed by atoms with Crippen LogP contribution < -0.4 is 9.47 Å².